The zero-order valence-corrected chi connectivity index (χ0v) is 22.0. The Balaban J connectivity index is 1.39. The van der Waals surface area contributed by atoms with Gasteiger partial charge >= 0.3 is 0 Å². The largest absolute Gasteiger partial charge is 0.508 e. The molecule has 0 bridgehead atoms. The average Bonchev–Trinajstić information content (AvgIpc) is 3.40. The van der Waals surface area contributed by atoms with Crippen LogP contribution in [0.25, 0.3) is 16.8 Å². The minimum atomic E-state index is -1.73. The van der Waals surface area contributed by atoms with Gasteiger partial charge in [-0.25, -0.2) is 13.9 Å². The van der Waals surface area contributed by atoms with Gasteiger partial charge in [0.2, 0.25) is 0 Å². The molecule has 1 aliphatic rings. The molecule has 1 aliphatic heterocycles. The Kier molecular flexibility index (Phi) is 7.12. The minimum Gasteiger partial charge on any atom is -0.508 e. The van der Waals surface area contributed by atoms with Gasteiger partial charge in [-0.05, 0) is 81.2 Å². The van der Waals surface area contributed by atoms with E-state index >= 15 is 0 Å². The molecule has 184 valence electrons. The summed E-state index contributed by atoms with van der Waals surface area (Å²) in [5, 5.41) is 14.3. The molecule has 1 atom stereocenters. The third kappa shape index (κ3) is 5.34. The lowest BCUT2D eigenvalue weighted by Crippen LogP contribution is -2.44. The van der Waals surface area contributed by atoms with Crippen LogP contribution in [-0.4, -0.2) is 58.7 Å². The summed E-state index contributed by atoms with van der Waals surface area (Å²) in [6, 6.07) is 6.50. The van der Waals surface area contributed by atoms with Gasteiger partial charge in [0.25, 0.3) is 0 Å². The molecule has 0 spiro atoms. The number of hydrogen-bond donors (Lipinski definition) is 1. The first-order chi connectivity index (χ1) is 16.0. The number of hydrogen-bond acceptors (Lipinski definition) is 5. The van der Waals surface area contributed by atoms with E-state index in [4.69, 9.17) is 9.41 Å². The number of likely N-dealkylation sites (tertiary alicyclic amines) is 1. The Bertz CT molecular complexity index is 1140. The molecule has 0 unspecified atom stereocenters. The quantitative estimate of drug-likeness (QED) is 0.418. The Labute approximate surface area is 202 Å². The summed E-state index contributed by atoms with van der Waals surface area (Å²) in [6.45, 7) is 14.5. The van der Waals surface area contributed by atoms with Crippen LogP contribution in [0.15, 0.2) is 36.7 Å². The summed E-state index contributed by atoms with van der Waals surface area (Å²) in [5.74, 6) is -0.385. The number of phenols is 1. The molecule has 0 amide bonds. The summed E-state index contributed by atoms with van der Waals surface area (Å²) < 4.78 is 22.5. The van der Waals surface area contributed by atoms with Gasteiger partial charge in [0.1, 0.15) is 11.6 Å². The zero-order chi connectivity index (χ0) is 24.5. The Morgan fingerprint density at radius 2 is 2.00 bits per heavy atom. The van der Waals surface area contributed by atoms with Crippen molar-refractivity contribution in [3.63, 3.8) is 0 Å². The van der Waals surface area contributed by atoms with Crippen molar-refractivity contribution in [2.24, 2.45) is 0 Å². The van der Waals surface area contributed by atoms with E-state index in [-0.39, 0.29) is 10.8 Å². The lowest BCUT2D eigenvalue weighted by atomic mass is 10.1. The Morgan fingerprint density at radius 1 is 1.21 bits per heavy atom. The van der Waals surface area contributed by atoms with Gasteiger partial charge in [-0.15, -0.1) is 0 Å². The van der Waals surface area contributed by atoms with Crippen molar-refractivity contribution in [2.75, 3.05) is 19.7 Å². The highest BCUT2D eigenvalue weighted by atomic mass is 28.4. The van der Waals surface area contributed by atoms with Crippen molar-refractivity contribution in [3.8, 4) is 16.9 Å². The predicted molar refractivity (Wildman–Crippen MR) is 136 cm³/mol. The molecular formula is C26H37FN4O2Si. The van der Waals surface area contributed by atoms with Gasteiger partial charge in [-0.3, -0.25) is 4.90 Å². The molecule has 1 saturated heterocycles. The van der Waals surface area contributed by atoms with E-state index in [1.165, 1.54) is 31.0 Å². The number of aromatic nitrogens is 3. The molecule has 0 saturated carbocycles. The number of nitrogens with zero attached hydrogens (tertiary/aromatic N) is 4. The van der Waals surface area contributed by atoms with Crippen LogP contribution in [0.5, 0.6) is 5.75 Å². The highest BCUT2D eigenvalue weighted by Crippen LogP contribution is 2.37. The highest BCUT2D eigenvalue weighted by Gasteiger charge is 2.38. The number of fused-ring (bicyclic) bond motifs is 1. The maximum Gasteiger partial charge on any atom is 0.192 e. The van der Waals surface area contributed by atoms with Crippen molar-refractivity contribution >= 4 is 14.0 Å². The van der Waals surface area contributed by atoms with Crippen LogP contribution in [0.1, 0.15) is 45.7 Å². The first kappa shape index (κ1) is 24.8. The van der Waals surface area contributed by atoms with Gasteiger partial charge in [0.05, 0.1) is 6.20 Å². The fraction of sp³-hybridized carbons (Fsp3) is 0.538. The fourth-order valence-corrected chi connectivity index (χ4v) is 5.36. The molecule has 2 aromatic heterocycles. The molecule has 34 heavy (non-hydrogen) atoms. The maximum atomic E-state index is 14.4. The second-order valence-corrected chi connectivity index (χ2v) is 15.7. The molecule has 1 aromatic carbocycles. The third-order valence-corrected chi connectivity index (χ3v) is 12.0. The molecule has 6 nitrogen and oxygen atoms in total. The highest BCUT2D eigenvalue weighted by molar-refractivity contribution is 6.74. The summed E-state index contributed by atoms with van der Waals surface area (Å²) >= 11 is 0. The number of halogens is 1. The van der Waals surface area contributed by atoms with E-state index in [2.05, 4.69) is 43.9 Å². The predicted octanol–water partition coefficient (Wildman–Crippen LogP) is 5.66. The number of benzene rings is 1. The van der Waals surface area contributed by atoms with Crippen LogP contribution >= 0.6 is 0 Å². The topological polar surface area (TPSA) is 62.9 Å². The first-order valence-corrected chi connectivity index (χ1v) is 15.2. The number of rotatable bonds is 8. The Hall–Kier alpha value is -2.29. The minimum absolute atomic E-state index is 0.0182. The van der Waals surface area contributed by atoms with Crippen LogP contribution in [0, 0.1) is 5.82 Å². The molecular weight excluding hydrogens is 447 g/mol. The van der Waals surface area contributed by atoms with Crippen molar-refractivity contribution in [1.82, 2.24) is 19.5 Å². The molecule has 0 radical (unpaired) electrons. The van der Waals surface area contributed by atoms with E-state index < -0.39 is 14.1 Å². The van der Waals surface area contributed by atoms with Crippen LogP contribution in [0.2, 0.25) is 18.1 Å². The second-order valence-electron chi connectivity index (χ2n) is 10.9. The number of aromatic hydroxyl groups is 1. The van der Waals surface area contributed by atoms with E-state index in [0.717, 1.165) is 38.2 Å². The summed E-state index contributed by atoms with van der Waals surface area (Å²) in [7, 11) is -1.73. The lowest BCUT2D eigenvalue weighted by Gasteiger charge is -2.38. The summed E-state index contributed by atoms with van der Waals surface area (Å²) in [5.41, 5.74) is 2.45. The van der Waals surface area contributed by atoms with Crippen molar-refractivity contribution in [2.45, 2.75) is 70.6 Å². The number of aryl methyl sites for hydroxylation is 1. The van der Waals surface area contributed by atoms with Gasteiger partial charge in [-0.1, -0.05) is 20.8 Å². The van der Waals surface area contributed by atoms with Crippen LogP contribution in [-0.2, 0) is 10.8 Å². The van der Waals surface area contributed by atoms with E-state index in [1.807, 2.05) is 12.3 Å². The maximum absolute atomic E-state index is 14.4. The van der Waals surface area contributed by atoms with Crippen molar-refractivity contribution in [1.29, 1.82) is 0 Å². The smallest absolute Gasteiger partial charge is 0.192 e. The Morgan fingerprint density at radius 3 is 2.76 bits per heavy atom. The van der Waals surface area contributed by atoms with Crippen molar-refractivity contribution < 1.29 is 13.9 Å². The summed E-state index contributed by atoms with van der Waals surface area (Å²) in [6.07, 6.45) is 7.74. The van der Waals surface area contributed by atoms with Gasteiger partial charge < -0.3 is 9.53 Å². The second kappa shape index (κ2) is 9.75. The lowest BCUT2D eigenvalue weighted by molar-refractivity contribution is 0.161. The molecule has 1 N–H and O–H groups in total. The van der Waals surface area contributed by atoms with Gasteiger partial charge in [0.15, 0.2) is 14.0 Å². The standard InChI is InChI=1S/C26H37FN4O2Si/c1-26(2,3)34(4,5)33-18-20-9-7-14-30(20)13-6-8-19-12-15-31-25(29-19)23(17-28-31)22-16-21(32)10-11-24(22)27/h10-12,15-17,20,32H,6-9,13-14,18H2,1-5H3/t20-/m0/s1. The molecule has 4 rings (SSSR count). The molecule has 8 heteroatoms. The molecule has 0 aliphatic carbocycles. The van der Waals surface area contributed by atoms with E-state index in [0.29, 0.717) is 22.8 Å². The molecule has 3 aromatic rings. The monoisotopic (exact) mass is 484 g/mol. The van der Waals surface area contributed by atoms with Gasteiger partial charge in [-0.2, -0.15) is 5.10 Å². The number of phenolic OH excluding ortho intramolecular Hbond substituents is 1. The molecule has 1 fully saturated rings. The van der Waals surface area contributed by atoms with Gasteiger partial charge in [0, 0.05) is 35.7 Å². The molecule has 3 heterocycles. The summed E-state index contributed by atoms with van der Waals surface area (Å²) in [4.78, 5) is 7.34. The first-order valence-electron chi connectivity index (χ1n) is 12.3. The van der Waals surface area contributed by atoms with Crippen molar-refractivity contribution in [3.05, 3.63) is 48.2 Å². The average molecular weight is 485 g/mol. The van der Waals surface area contributed by atoms with E-state index in [9.17, 15) is 9.50 Å². The fourth-order valence-electron chi connectivity index (χ4n) is 4.32. The SMILES string of the molecule is CC(C)(C)[Si](C)(C)OC[C@@H]1CCCN1CCCc1ccn2ncc(-c3cc(O)ccc3F)c2n1. The van der Waals surface area contributed by atoms with E-state index in [1.54, 1.807) is 10.7 Å². The van der Waals surface area contributed by atoms with Crippen LogP contribution < -0.4 is 0 Å². The van der Waals surface area contributed by atoms with Crippen LogP contribution in [0.3, 0.4) is 0 Å². The zero-order valence-electron chi connectivity index (χ0n) is 21.0. The third-order valence-electron chi connectivity index (χ3n) is 7.49. The normalized spacial score (nSPS) is 17.6. The van der Waals surface area contributed by atoms with Crippen LogP contribution in [0.4, 0.5) is 4.39 Å².